The van der Waals surface area contributed by atoms with Gasteiger partial charge in [0.25, 0.3) is 0 Å². The maximum Gasteiger partial charge on any atom is 0.407 e. The molecule has 2 saturated heterocycles. The van der Waals surface area contributed by atoms with Crippen molar-refractivity contribution in [3.8, 4) is 5.75 Å². The van der Waals surface area contributed by atoms with Crippen molar-refractivity contribution < 1.29 is 15.0 Å². The highest BCUT2D eigenvalue weighted by Gasteiger charge is 2.41. The maximum absolute atomic E-state index is 10.9. The Morgan fingerprint density at radius 3 is 2.37 bits per heavy atom. The summed E-state index contributed by atoms with van der Waals surface area (Å²) in [5.74, 6) is 0.869. The van der Waals surface area contributed by atoms with E-state index in [-0.39, 0.29) is 5.75 Å². The minimum absolute atomic E-state index is 0.0988. The number of phenols is 1. The minimum atomic E-state index is -0.828. The van der Waals surface area contributed by atoms with Gasteiger partial charge in [-0.25, -0.2) is 4.79 Å². The summed E-state index contributed by atoms with van der Waals surface area (Å²) in [7, 11) is 0. The van der Waals surface area contributed by atoms with E-state index >= 15 is 0 Å². The monoisotopic (exact) mass is 263 g/mol. The molecule has 3 rings (SSSR count). The molecule has 0 unspecified atom stereocenters. The molecule has 0 bridgehead atoms. The summed E-state index contributed by atoms with van der Waals surface area (Å²) in [6.45, 7) is 2.88. The zero-order valence-electron chi connectivity index (χ0n) is 10.5. The van der Waals surface area contributed by atoms with Crippen LogP contribution in [0.4, 0.5) is 16.2 Å². The van der Waals surface area contributed by atoms with Crippen LogP contribution in [0.5, 0.6) is 5.75 Å². The summed E-state index contributed by atoms with van der Waals surface area (Å²) in [5, 5.41) is 18.6. The molecule has 0 radical (unpaired) electrons. The van der Waals surface area contributed by atoms with E-state index < -0.39 is 6.09 Å². The second-order valence-corrected chi connectivity index (χ2v) is 5.36. The molecule has 2 aliphatic rings. The first-order valence-electron chi connectivity index (χ1n) is 6.36. The van der Waals surface area contributed by atoms with Crippen molar-refractivity contribution in [1.29, 1.82) is 0 Å². The van der Waals surface area contributed by atoms with Gasteiger partial charge in [0.2, 0.25) is 0 Å². The van der Waals surface area contributed by atoms with Crippen LogP contribution in [-0.4, -0.2) is 47.4 Å². The highest BCUT2D eigenvalue weighted by Crippen LogP contribution is 2.35. The standard InChI is InChI=1S/C13H17N3O3/c14-11-2-1-10(3-12(11)17)15-4-8-6-16(13(18)19)7-9(8)5-15/h1-3,8-9,17H,4-7,14H2,(H,18,19)/t8-,9+. The van der Waals surface area contributed by atoms with Crippen molar-refractivity contribution in [2.75, 3.05) is 36.8 Å². The van der Waals surface area contributed by atoms with Crippen LogP contribution in [0.2, 0.25) is 0 Å². The predicted octanol–water partition coefficient (Wildman–Crippen LogP) is 1.02. The Hall–Kier alpha value is -2.11. The van der Waals surface area contributed by atoms with Crippen LogP contribution in [0.3, 0.4) is 0 Å². The second-order valence-electron chi connectivity index (χ2n) is 5.36. The number of benzene rings is 1. The van der Waals surface area contributed by atoms with Crippen molar-refractivity contribution in [2.24, 2.45) is 11.8 Å². The van der Waals surface area contributed by atoms with Crippen molar-refractivity contribution in [3.05, 3.63) is 18.2 Å². The lowest BCUT2D eigenvalue weighted by Crippen LogP contribution is -2.32. The molecule has 2 aliphatic heterocycles. The number of likely N-dealkylation sites (tertiary alicyclic amines) is 1. The summed E-state index contributed by atoms with van der Waals surface area (Å²) in [4.78, 5) is 14.6. The third kappa shape index (κ3) is 2.03. The van der Waals surface area contributed by atoms with Crippen LogP contribution in [0, 0.1) is 11.8 Å². The van der Waals surface area contributed by atoms with Gasteiger partial charge in [-0.05, 0) is 12.1 Å². The first-order chi connectivity index (χ1) is 9.04. The van der Waals surface area contributed by atoms with E-state index in [4.69, 9.17) is 10.8 Å². The molecular weight excluding hydrogens is 246 g/mol. The van der Waals surface area contributed by atoms with E-state index in [1.54, 1.807) is 12.1 Å². The lowest BCUT2D eigenvalue weighted by atomic mass is 10.0. The molecule has 2 atom stereocenters. The Morgan fingerprint density at radius 2 is 1.84 bits per heavy atom. The van der Waals surface area contributed by atoms with Gasteiger partial charge in [-0.3, -0.25) is 0 Å². The number of rotatable bonds is 1. The smallest absolute Gasteiger partial charge is 0.407 e. The number of aromatic hydroxyl groups is 1. The predicted molar refractivity (Wildman–Crippen MR) is 71.3 cm³/mol. The quantitative estimate of drug-likeness (QED) is 0.520. The number of hydrogen-bond acceptors (Lipinski definition) is 4. The molecule has 19 heavy (non-hydrogen) atoms. The molecule has 1 aromatic carbocycles. The first kappa shape index (κ1) is 12.0. The number of fused-ring (bicyclic) bond motifs is 1. The SMILES string of the molecule is Nc1ccc(N2C[C@H]3CN(C(=O)O)C[C@H]3C2)cc1O. The van der Waals surface area contributed by atoms with Crippen LogP contribution >= 0.6 is 0 Å². The van der Waals surface area contributed by atoms with Crippen molar-refractivity contribution in [2.45, 2.75) is 0 Å². The largest absolute Gasteiger partial charge is 0.506 e. The summed E-state index contributed by atoms with van der Waals surface area (Å²) >= 11 is 0. The zero-order valence-corrected chi connectivity index (χ0v) is 10.5. The number of carbonyl (C=O) groups is 1. The van der Waals surface area contributed by atoms with E-state index in [1.165, 1.54) is 4.90 Å². The summed E-state index contributed by atoms with van der Waals surface area (Å²) in [6.07, 6.45) is -0.828. The summed E-state index contributed by atoms with van der Waals surface area (Å²) < 4.78 is 0. The number of nitrogens with two attached hydrogens (primary N) is 1. The average molecular weight is 263 g/mol. The van der Waals surface area contributed by atoms with Gasteiger partial charge in [-0.2, -0.15) is 0 Å². The highest BCUT2D eigenvalue weighted by molar-refractivity contribution is 5.66. The third-order valence-electron chi connectivity index (χ3n) is 4.14. The first-order valence-corrected chi connectivity index (χ1v) is 6.36. The molecule has 0 aliphatic carbocycles. The third-order valence-corrected chi connectivity index (χ3v) is 4.14. The van der Waals surface area contributed by atoms with Crippen LogP contribution in [-0.2, 0) is 0 Å². The number of hydrogen-bond donors (Lipinski definition) is 3. The molecule has 0 spiro atoms. The molecule has 0 aromatic heterocycles. The lowest BCUT2D eigenvalue weighted by Gasteiger charge is -2.22. The normalized spacial score (nSPS) is 25.7. The van der Waals surface area contributed by atoms with Crippen molar-refractivity contribution in [3.63, 3.8) is 0 Å². The Morgan fingerprint density at radius 1 is 1.21 bits per heavy atom. The zero-order chi connectivity index (χ0) is 13.6. The Balaban J connectivity index is 1.71. The molecule has 1 amide bonds. The fourth-order valence-corrected chi connectivity index (χ4v) is 3.09. The van der Waals surface area contributed by atoms with Gasteiger partial charge in [-0.1, -0.05) is 0 Å². The van der Waals surface area contributed by atoms with Crippen molar-refractivity contribution in [1.82, 2.24) is 4.90 Å². The van der Waals surface area contributed by atoms with E-state index in [0.29, 0.717) is 30.6 Å². The van der Waals surface area contributed by atoms with E-state index in [9.17, 15) is 9.90 Å². The van der Waals surface area contributed by atoms with Gasteiger partial charge < -0.3 is 25.7 Å². The second kappa shape index (κ2) is 4.22. The van der Waals surface area contributed by atoms with E-state index in [1.807, 2.05) is 6.07 Å². The van der Waals surface area contributed by atoms with E-state index in [2.05, 4.69) is 4.90 Å². The van der Waals surface area contributed by atoms with Crippen LogP contribution in [0.15, 0.2) is 18.2 Å². The molecule has 6 heteroatoms. The maximum atomic E-state index is 10.9. The molecular formula is C13H17N3O3. The molecule has 4 N–H and O–H groups in total. The van der Waals surface area contributed by atoms with Gasteiger partial charge in [-0.15, -0.1) is 0 Å². The summed E-state index contributed by atoms with van der Waals surface area (Å²) in [6, 6.07) is 5.26. The number of carboxylic acid groups (broad SMARTS) is 1. The average Bonchev–Trinajstić information content (AvgIpc) is 2.90. The number of nitrogen functional groups attached to an aromatic ring is 1. The van der Waals surface area contributed by atoms with Gasteiger partial charge in [0.15, 0.2) is 0 Å². The fourth-order valence-electron chi connectivity index (χ4n) is 3.09. The molecule has 2 heterocycles. The topological polar surface area (TPSA) is 90.0 Å². The molecule has 2 fully saturated rings. The number of phenolic OH excluding ortho intramolecular Hbond substituents is 1. The van der Waals surface area contributed by atoms with E-state index in [0.717, 1.165) is 18.8 Å². The van der Waals surface area contributed by atoms with Crippen LogP contribution in [0.25, 0.3) is 0 Å². The number of anilines is 2. The van der Waals surface area contributed by atoms with Gasteiger partial charge in [0.1, 0.15) is 5.75 Å². The Bertz CT molecular complexity index is 506. The molecule has 0 saturated carbocycles. The van der Waals surface area contributed by atoms with Gasteiger partial charge in [0, 0.05) is 49.8 Å². The Kier molecular flexibility index (Phi) is 2.66. The van der Waals surface area contributed by atoms with Crippen LogP contribution < -0.4 is 10.6 Å². The number of nitrogens with zero attached hydrogens (tertiary/aromatic N) is 2. The molecule has 1 aromatic rings. The lowest BCUT2D eigenvalue weighted by molar-refractivity contribution is 0.153. The molecule has 6 nitrogen and oxygen atoms in total. The number of amides is 1. The minimum Gasteiger partial charge on any atom is -0.506 e. The fraction of sp³-hybridized carbons (Fsp3) is 0.462. The van der Waals surface area contributed by atoms with Gasteiger partial charge >= 0.3 is 6.09 Å². The Labute approximate surface area is 111 Å². The van der Waals surface area contributed by atoms with Gasteiger partial charge in [0.05, 0.1) is 5.69 Å². The van der Waals surface area contributed by atoms with Crippen LogP contribution in [0.1, 0.15) is 0 Å². The molecule has 102 valence electrons. The highest BCUT2D eigenvalue weighted by atomic mass is 16.4. The van der Waals surface area contributed by atoms with Crippen molar-refractivity contribution >= 4 is 17.5 Å². The summed E-state index contributed by atoms with van der Waals surface area (Å²) in [5.41, 5.74) is 6.91.